The highest BCUT2D eigenvalue weighted by Crippen LogP contribution is 2.46. The van der Waals surface area contributed by atoms with Crippen molar-refractivity contribution >= 4 is 40.5 Å². The molecule has 2 heterocycles. The van der Waals surface area contributed by atoms with Crippen LogP contribution < -0.4 is 0 Å². The Labute approximate surface area is 135 Å². The molecule has 5 nitrogen and oxygen atoms in total. The van der Waals surface area contributed by atoms with Crippen LogP contribution in [0.1, 0.15) is 16.8 Å². The third kappa shape index (κ3) is 2.78. The van der Waals surface area contributed by atoms with Gasteiger partial charge in [0.25, 0.3) is 0 Å². The van der Waals surface area contributed by atoms with Crippen molar-refractivity contribution in [1.29, 1.82) is 0 Å². The number of carboxylic acids is 1. The SMILES string of the molecule is O=C(SC/C=C1\S[C@@H]2CC(=O)N2C1C(=O)O)c1ccccc1. The van der Waals surface area contributed by atoms with E-state index in [1.54, 1.807) is 30.3 Å². The maximum atomic E-state index is 12.0. The topological polar surface area (TPSA) is 74.7 Å². The van der Waals surface area contributed by atoms with Gasteiger partial charge in [-0.1, -0.05) is 48.2 Å². The number of benzene rings is 1. The summed E-state index contributed by atoms with van der Waals surface area (Å²) in [5, 5.41) is 9.18. The average Bonchev–Trinajstić information content (AvgIpc) is 2.80. The van der Waals surface area contributed by atoms with E-state index in [1.165, 1.54) is 16.7 Å². The molecule has 2 saturated heterocycles. The average molecular weight is 335 g/mol. The van der Waals surface area contributed by atoms with E-state index in [9.17, 15) is 19.5 Å². The van der Waals surface area contributed by atoms with E-state index in [0.29, 0.717) is 22.6 Å². The van der Waals surface area contributed by atoms with Gasteiger partial charge < -0.3 is 10.0 Å². The van der Waals surface area contributed by atoms with Gasteiger partial charge in [0.05, 0.1) is 11.8 Å². The second kappa shape index (κ2) is 6.18. The molecule has 22 heavy (non-hydrogen) atoms. The molecular weight excluding hydrogens is 322 g/mol. The van der Waals surface area contributed by atoms with E-state index in [4.69, 9.17) is 0 Å². The molecule has 2 aliphatic rings. The van der Waals surface area contributed by atoms with Crippen LogP contribution in [-0.4, -0.2) is 44.2 Å². The van der Waals surface area contributed by atoms with E-state index in [1.807, 2.05) is 6.07 Å². The number of fused-ring (bicyclic) bond motifs is 1. The van der Waals surface area contributed by atoms with Gasteiger partial charge in [0.15, 0.2) is 6.04 Å². The Balaban J connectivity index is 1.64. The van der Waals surface area contributed by atoms with Gasteiger partial charge in [-0.3, -0.25) is 9.59 Å². The number of carbonyl (C=O) groups is 3. The minimum atomic E-state index is -1.02. The van der Waals surface area contributed by atoms with Crippen molar-refractivity contribution in [3.05, 3.63) is 46.9 Å². The number of hydrogen-bond donors (Lipinski definition) is 1. The van der Waals surface area contributed by atoms with Crippen molar-refractivity contribution in [2.45, 2.75) is 17.8 Å². The van der Waals surface area contributed by atoms with E-state index >= 15 is 0 Å². The summed E-state index contributed by atoms with van der Waals surface area (Å²) < 4.78 is 0. The van der Waals surface area contributed by atoms with E-state index in [2.05, 4.69) is 0 Å². The molecule has 1 aromatic carbocycles. The Morgan fingerprint density at radius 3 is 2.73 bits per heavy atom. The largest absolute Gasteiger partial charge is 0.479 e. The quantitative estimate of drug-likeness (QED) is 0.850. The lowest BCUT2D eigenvalue weighted by Crippen LogP contribution is -2.53. The Hall–Kier alpha value is -1.73. The van der Waals surface area contributed by atoms with Crippen molar-refractivity contribution in [2.24, 2.45) is 0 Å². The second-order valence-electron chi connectivity index (χ2n) is 4.89. The molecule has 114 valence electrons. The molecule has 1 aromatic rings. The van der Waals surface area contributed by atoms with Gasteiger partial charge in [0.2, 0.25) is 11.0 Å². The number of hydrogen-bond acceptors (Lipinski definition) is 5. The fourth-order valence-electron chi connectivity index (χ4n) is 2.43. The maximum Gasteiger partial charge on any atom is 0.331 e. The summed E-state index contributed by atoms with van der Waals surface area (Å²) >= 11 is 2.54. The van der Waals surface area contributed by atoms with Gasteiger partial charge in [-0.05, 0) is 0 Å². The number of carbonyl (C=O) groups excluding carboxylic acids is 2. The molecule has 2 atom stereocenters. The molecule has 0 radical (unpaired) electrons. The first-order chi connectivity index (χ1) is 10.6. The molecule has 7 heteroatoms. The number of carboxylic acid groups (broad SMARTS) is 1. The lowest BCUT2D eigenvalue weighted by molar-refractivity contribution is -0.154. The zero-order valence-corrected chi connectivity index (χ0v) is 13.1. The standard InChI is InChI=1S/C15H13NO4S2/c17-11-8-12-16(11)13(14(18)19)10(22-12)6-7-21-15(20)9-4-2-1-3-5-9/h1-6,12-13H,7-8H2,(H,18,19)/b10-6-/t12-,13?/m1/s1. The fourth-order valence-corrected chi connectivity index (χ4v) is 4.66. The van der Waals surface area contributed by atoms with Crippen LogP contribution in [0.25, 0.3) is 0 Å². The van der Waals surface area contributed by atoms with Crippen LogP contribution in [0.4, 0.5) is 0 Å². The zero-order chi connectivity index (χ0) is 15.7. The van der Waals surface area contributed by atoms with Crippen molar-refractivity contribution in [3.8, 4) is 0 Å². The molecule has 2 fully saturated rings. The molecule has 1 unspecified atom stereocenters. The number of thioether (sulfide) groups is 2. The fraction of sp³-hybridized carbons (Fsp3) is 0.267. The van der Waals surface area contributed by atoms with Gasteiger partial charge in [0.1, 0.15) is 0 Å². The van der Waals surface area contributed by atoms with Crippen molar-refractivity contribution < 1.29 is 19.5 Å². The lowest BCUT2D eigenvalue weighted by Gasteiger charge is -2.35. The predicted molar refractivity (Wildman–Crippen MR) is 85.6 cm³/mol. The molecule has 0 saturated carbocycles. The van der Waals surface area contributed by atoms with Crippen LogP contribution >= 0.6 is 23.5 Å². The third-order valence-corrected chi connectivity index (χ3v) is 5.67. The van der Waals surface area contributed by atoms with Gasteiger partial charge in [-0.2, -0.15) is 0 Å². The summed E-state index contributed by atoms with van der Waals surface area (Å²) in [6.45, 7) is 0. The molecule has 0 aromatic heterocycles. The molecular formula is C15H13NO4S2. The minimum Gasteiger partial charge on any atom is -0.479 e. The minimum absolute atomic E-state index is 0.0494. The van der Waals surface area contributed by atoms with Crippen LogP contribution in [0, 0.1) is 0 Å². The number of rotatable bonds is 4. The lowest BCUT2D eigenvalue weighted by atomic mass is 10.1. The molecule has 1 amide bonds. The first kappa shape index (κ1) is 15.2. The predicted octanol–water partition coefficient (Wildman–Crippen LogP) is 2.20. The van der Waals surface area contributed by atoms with Crippen molar-refractivity contribution in [1.82, 2.24) is 4.90 Å². The van der Waals surface area contributed by atoms with E-state index < -0.39 is 12.0 Å². The molecule has 0 spiro atoms. The van der Waals surface area contributed by atoms with Crippen molar-refractivity contribution in [2.75, 3.05) is 5.75 Å². The van der Waals surface area contributed by atoms with Gasteiger partial charge in [-0.25, -0.2) is 4.79 Å². The Morgan fingerprint density at radius 2 is 2.09 bits per heavy atom. The Bertz CT molecular complexity index is 659. The van der Waals surface area contributed by atoms with E-state index in [-0.39, 0.29) is 16.4 Å². The van der Waals surface area contributed by atoms with Gasteiger partial charge in [-0.15, -0.1) is 11.8 Å². The number of β-lactam (4-membered cyclic amide) rings is 1. The monoisotopic (exact) mass is 335 g/mol. The summed E-state index contributed by atoms with van der Waals surface area (Å²) in [6, 6.07) is 8.06. The van der Waals surface area contributed by atoms with Crippen LogP contribution in [0.5, 0.6) is 0 Å². The summed E-state index contributed by atoms with van der Waals surface area (Å²) in [7, 11) is 0. The highest BCUT2D eigenvalue weighted by atomic mass is 32.2. The van der Waals surface area contributed by atoms with Crippen molar-refractivity contribution in [3.63, 3.8) is 0 Å². The molecule has 2 aliphatic heterocycles. The molecule has 3 rings (SSSR count). The maximum absolute atomic E-state index is 12.0. The summed E-state index contributed by atoms with van der Waals surface area (Å²) in [5.74, 6) is -0.746. The van der Waals surface area contributed by atoms with Crippen LogP contribution in [0.3, 0.4) is 0 Å². The van der Waals surface area contributed by atoms with Gasteiger partial charge in [0, 0.05) is 16.2 Å². The zero-order valence-electron chi connectivity index (χ0n) is 11.5. The van der Waals surface area contributed by atoms with Crippen LogP contribution in [0.15, 0.2) is 41.3 Å². The van der Waals surface area contributed by atoms with E-state index in [0.717, 1.165) is 11.8 Å². The first-order valence-electron chi connectivity index (χ1n) is 6.71. The normalized spacial score (nSPS) is 25.0. The molecule has 0 bridgehead atoms. The number of amides is 1. The highest BCUT2D eigenvalue weighted by molar-refractivity contribution is 8.14. The van der Waals surface area contributed by atoms with Gasteiger partial charge >= 0.3 is 5.97 Å². The number of nitrogens with zero attached hydrogens (tertiary/aromatic N) is 1. The first-order valence-corrected chi connectivity index (χ1v) is 8.57. The second-order valence-corrected chi connectivity index (χ2v) is 7.13. The number of aliphatic carboxylic acids is 1. The highest BCUT2D eigenvalue weighted by Gasteiger charge is 2.52. The summed E-state index contributed by atoms with van der Waals surface area (Å²) in [5.41, 5.74) is 0.624. The molecule has 1 N–H and O–H groups in total. The Kier molecular flexibility index (Phi) is 4.26. The third-order valence-electron chi connectivity index (χ3n) is 3.51. The smallest absolute Gasteiger partial charge is 0.331 e. The summed E-state index contributed by atoms with van der Waals surface area (Å²) in [4.78, 5) is 36.9. The Morgan fingerprint density at radius 1 is 1.36 bits per heavy atom. The van der Waals surface area contributed by atoms with Crippen LogP contribution in [0.2, 0.25) is 0 Å². The molecule has 0 aliphatic carbocycles. The van der Waals surface area contributed by atoms with Crippen LogP contribution in [-0.2, 0) is 9.59 Å². The summed E-state index contributed by atoms with van der Waals surface area (Å²) in [6.07, 6.45) is 2.14.